The lowest BCUT2D eigenvalue weighted by atomic mass is 9.95. The summed E-state index contributed by atoms with van der Waals surface area (Å²) in [5.74, 6) is -0.511. The molecule has 2 fully saturated rings. The molecular formula is C26H31N3O3. The maximum atomic E-state index is 13.1. The summed E-state index contributed by atoms with van der Waals surface area (Å²) in [5.41, 5.74) is 4.89. The Balaban J connectivity index is 1.43. The highest BCUT2D eigenvalue weighted by atomic mass is 16.2. The van der Waals surface area contributed by atoms with Gasteiger partial charge in [-0.3, -0.25) is 14.4 Å². The Labute approximate surface area is 189 Å². The van der Waals surface area contributed by atoms with Crippen molar-refractivity contribution in [2.45, 2.75) is 52.5 Å². The molecule has 2 aromatic carbocycles. The minimum Gasteiger partial charge on any atom is -0.349 e. The molecule has 32 heavy (non-hydrogen) atoms. The predicted octanol–water partition coefficient (Wildman–Crippen LogP) is 3.99. The summed E-state index contributed by atoms with van der Waals surface area (Å²) in [6.45, 7) is 6.94. The van der Waals surface area contributed by atoms with Gasteiger partial charge in [0.2, 0.25) is 5.91 Å². The lowest BCUT2D eigenvalue weighted by Gasteiger charge is -2.32. The van der Waals surface area contributed by atoms with Gasteiger partial charge in [0, 0.05) is 35.9 Å². The molecule has 0 bridgehead atoms. The maximum absolute atomic E-state index is 13.1. The zero-order valence-corrected chi connectivity index (χ0v) is 19.0. The summed E-state index contributed by atoms with van der Waals surface area (Å²) < 4.78 is 0. The fourth-order valence-electron chi connectivity index (χ4n) is 4.29. The van der Waals surface area contributed by atoms with Crippen LogP contribution in [0.15, 0.2) is 36.4 Å². The first-order valence-corrected chi connectivity index (χ1v) is 11.4. The van der Waals surface area contributed by atoms with Crippen molar-refractivity contribution in [1.29, 1.82) is 0 Å². The second kappa shape index (κ2) is 9.15. The van der Waals surface area contributed by atoms with Crippen molar-refractivity contribution in [2.24, 2.45) is 5.92 Å². The Bertz CT molecular complexity index is 1040. The molecule has 1 saturated carbocycles. The van der Waals surface area contributed by atoms with Gasteiger partial charge in [-0.2, -0.15) is 0 Å². The SMILES string of the molecule is Cc1cc(C)cc(C(=O)N2CCCC(C(=O)Nc3cc(C(=O)NC4CC4)ccc3C)C2)c1. The molecule has 1 unspecified atom stereocenters. The molecule has 6 heteroatoms. The molecule has 1 atom stereocenters. The van der Waals surface area contributed by atoms with Crippen molar-refractivity contribution < 1.29 is 14.4 Å². The van der Waals surface area contributed by atoms with E-state index >= 15 is 0 Å². The number of amides is 3. The number of hydrogen-bond acceptors (Lipinski definition) is 3. The van der Waals surface area contributed by atoms with Crippen LogP contribution in [0.4, 0.5) is 5.69 Å². The molecule has 4 rings (SSSR count). The predicted molar refractivity (Wildman–Crippen MR) is 125 cm³/mol. The van der Waals surface area contributed by atoms with Gasteiger partial charge in [-0.25, -0.2) is 0 Å². The van der Waals surface area contributed by atoms with Crippen molar-refractivity contribution in [2.75, 3.05) is 18.4 Å². The topological polar surface area (TPSA) is 78.5 Å². The first-order chi connectivity index (χ1) is 15.3. The van der Waals surface area contributed by atoms with E-state index in [1.807, 2.05) is 45.0 Å². The lowest BCUT2D eigenvalue weighted by molar-refractivity contribution is -0.121. The van der Waals surface area contributed by atoms with Gasteiger partial charge in [-0.15, -0.1) is 0 Å². The van der Waals surface area contributed by atoms with Crippen LogP contribution in [0, 0.1) is 26.7 Å². The minimum absolute atomic E-state index is 0.0239. The molecule has 1 heterocycles. The highest BCUT2D eigenvalue weighted by Gasteiger charge is 2.30. The molecule has 0 radical (unpaired) electrons. The van der Waals surface area contributed by atoms with Gasteiger partial charge < -0.3 is 15.5 Å². The van der Waals surface area contributed by atoms with Crippen molar-refractivity contribution in [3.8, 4) is 0 Å². The number of carbonyl (C=O) groups excluding carboxylic acids is 3. The largest absolute Gasteiger partial charge is 0.349 e. The highest BCUT2D eigenvalue weighted by molar-refractivity contribution is 5.99. The molecule has 6 nitrogen and oxygen atoms in total. The van der Waals surface area contributed by atoms with Crippen molar-refractivity contribution >= 4 is 23.4 Å². The fourth-order valence-corrected chi connectivity index (χ4v) is 4.29. The molecule has 2 aromatic rings. The number of nitrogens with zero attached hydrogens (tertiary/aromatic N) is 1. The van der Waals surface area contributed by atoms with E-state index in [0.29, 0.717) is 29.9 Å². The Morgan fingerprint density at radius 2 is 1.62 bits per heavy atom. The van der Waals surface area contributed by atoms with Crippen LogP contribution in [0.1, 0.15) is 63.1 Å². The van der Waals surface area contributed by atoms with Gasteiger partial charge >= 0.3 is 0 Å². The summed E-state index contributed by atoms with van der Waals surface area (Å²) in [5, 5.41) is 5.98. The lowest BCUT2D eigenvalue weighted by Crippen LogP contribution is -2.43. The quantitative estimate of drug-likeness (QED) is 0.748. The van der Waals surface area contributed by atoms with E-state index in [0.717, 1.165) is 42.4 Å². The number of carbonyl (C=O) groups is 3. The highest BCUT2D eigenvalue weighted by Crippen LogP contribution is 2.24. The summed E-state index contributed by atoms with van der Waals surface area (Å²) in [6, 6.07) is 11.5. The third kappa shape index (κ3) is 5.18. The monoisotopic (exact) mass is 433 g/mol. The molecular weight excluding hydrogens is 402 g/mol. The zero-order valence-electron chi connectivity index (χ0n) is 19.0. The molecule has 0 aromatic heterocycles. The van der Waals surface area contributed by atoms with Gasteiger partial charge in [-0.1, -0.05) is 23.3 Å². The second-order valence-corrected chi connectivity index (χ2v) is 9.23. The fraction of sp³-hybridized carbons (Fsp3) is 0.423. The summed E-state index contributed by atoms with van der Waals surface area (Å²) in [7, 11) is 0. The van der Waals surface area contributed by atoms with E-state index in [-0.39, 0.29) is 29.7 Å². The smallest absolute Gasteiger partial charge is 0.253 e. The Hall–Kier alpha value is -3.15. The normalized spacial score (nSPS) is 18.2. The molecule has 1 aliphatic heterocycles. The summed E-state index contributed by atoms with van der Waals surface area (Å²) in [6.07, 6.45) is 3.58. The molecule has 0 spiro atoms. The maximum Gasteiger partial charge on any atom is 0.253 e. The van der Waals surface area contributed by atoms with Crippen LogP contribution in [0.5, 0.6) is 0 Å². The summed E-state index contributed by atoms with van der Waals surface area (Å²) >= 11 is 0. The first-order valence-electron chi connectivity index (χ1n) is 11.4. The Kier molecular flexibility index (Phi) is 6.31. The van der Waals surface area contributed by atoms with Crippen LogP contribution in [-0.2, 0) is 4.79 Å². The van der Waals surface area contributed by atoms with Crippen LogP contribution in [-0.4, -0.2) is 41.8 Å². The van der Waals surface area contributed by atoms with Crippen molar-refractivity contribution in [1.82, 2.24) is 10.2 Å². The number of likely N-dealkylation sites (tertiary alicyclic amines) is 1. The van der Waals surface area contributed by atoms with E-state index in [1.54, 1.807) is 17.0 Å². The van der Waals surface area contributed by atoms with Crippen LogP contribution in [0.3, 0.4) is 0 Å². The number of nitrogens with one attached hydrogen (secondary N) is 2. The van der Waals surface area contributed by atoms with Gasteiger partial charge in [0.15, 0.2) is 0 Å². The van der Waals surface area contributed by atoms with Gasteiger partial charge in [0.25, 0.3) is 11.8 Å². The molecule has 1 aliphatic carbocycles. The second-order valence-electron chi connectivity index (χ2n) is 9.23. The number of aryl methyl sites for hydroxylation is 3. The molecule has 2 N–H and O–H groups in total. The number of benzene rings is 2. The zero-order chi connectivity index (χ0) is 22.8. The van der Waals surface area contributed by atoms with E-state index in [2.05, 4.69) is 10.6 Å². The number of piperidine rings is 1. The third-order valence-electron chi connectivity index (χ3n) is 6.22. The van der Waals surface area contributed by atoms with E-state index in [4.69, 9.17) is 0 Å². The minimum atomic E-state index is -0.276. The standard InChI is InChI=1S/C26H31N3O3/c1-16-11-17(2)13-21(12-16)26(32)29-10-4-5-20(15-29)25(31)28-23-14-19(7-6-18(23)3)24(30)27-22-8-9-22/h6-7,11-14,20,22H,4-5,8-10,15H2,1-3H3,(H,27,30)(H,28,31). The van der Waals surface area contributed by atoms with Crippen LogP contribution < -0.4 is 10.6 Å². The Morgan fingerprint density at radius 3 is 2.31 bits per heavy atom. The average Bonchev–Trinajstić information content (AvgIpc) is 3.58. The first kappa shape index (κ1) is 22.1. The molecule has 1 saturated heterocycles. The average molecular weight is 434 g/mol. The number of anilines is 1. The van der Waals surface area contributed by atoms with Crippen LogP contribution in [0.25, 0.3) is 0 Å². The van der Waals surface area contributed by atoms with Crippen LogP contribution in [0.2, 0.25) is 0 Å². The molecule has 168 valence electrons. The van der Waals surface area contributed by atoms with Crippen molar-refractivity contribution in [3.63, 3.8) is 0 Å². The Morgan fingerprint density at radius 1 is 0.906 bits per heavy atom. The third-order valence-corrected chi connectivity index (χ3v) is 6.22. The van der Waals surface area contributed by atoms with E-state index < -0.39 is 0 Å². The van der Waals surface area contributed by atoms with E-state index in [9.17, 15) is 14.4 Å². The van der Waals surface area contributed by atoms with Gasteiger partial charge in [-0.05, 0) is 76.3 Å². The van der Waals surface area contributed by atoms with Gasteiger partial charge in [0.1, 0.15) is 0 Å². The van der Waals surface area contributed by atoms with Crippen molar-refractivity contribution in [3.05, 3.63) is 64.2 Å². The molecule has 2 aliphatic rings. The van der Waals surface area contributed by atoms with Gasteiger partial charge in [0.05, 0.1) is 5.92 Å². The number of rotatable bonds is 5. The number of hydrogen-bond donors (Lipinski definition) is 2. The molecule has 3 amide bonds. The van der Waals surface area contributed by atoms with E-state index in [1.165, 1.54) is 0 Å². The summed E-state index contributed by atoms with van der Waals surface area (Å²) in [4.78, 5) is 40.3. The van der Waals surface area contributed by atoms with Crippen LogP contribution >= 0.6 is 0 Å².